The second-order valence-corrected chi connectivity index (χ2v) is 4.29. The lowest BCUT2D eigenvalue weighted by molar-refractivity contribution is 0.110. The fourth-order valence-corrected chi connectivity index (χ4v) is 1.93. The number of carbonyl (C=O) groups is 1. The first-order chi connectivity index (χ1) is 9.26. The van der Waals surface area contributed by atoms with E-state index in [1.807, 2.05) is 42.0 Å². The average molecular weight is 252 g/mol. The monoisotopic (exact) mass is 252 g/mol. The molecule has 3 rings (SSSR count). The predicted octanol–water partition coefficient (Wildman–Crippen LogP) is 3.25. The molecule has 19 heavy (non-hydrogen) atoms. The quantitative estimate of drug-likeness (QED) is 0.672. The van der Waals surface area contributed by atoms with Crippen molar-refractivity contribution in [1.29, 1.82) is 0 Å². The van der Waals surface area contributed by atoms with Crippen molar-refractivity contribution in [3.8, 4) is 17.0 Å². The molecule has 2 aromatic heterocycles. The summed E-state index contributed by atoms with van der Waals surface area (Å²) in [7, 11) is 0. The van der Waals surface area contributed by atoms with Crippen molar-refractivity contribution in [2.75, 3.05) is 0 Å². The number of aromatic nitrogens is 2. The van der Waals surface area contributed by atoms with Crippen molar-refractivity contribution in [2.45, 2.75) is 6.92 Å². The maximum absolute atomic E-state index is 10.6. The summed E-state index contributed by atoms with van der Waals surface area (Å²) in [5.41, 5.74) is 2.95. The molecule has 2 heterocycles. The van der Waals surface area contributed by atoms with E-state index in [0.717, 1.165) is 16.9 Å². The second kappa shape index (κ2) is 4.57. The van der Waals surface area contributed by atoms with Gasteiger partial charge in [-0.25, -0.2) is 4.98 Å². The Bertz CT molecular complexity index is 708. The number of rotatable bonds is 3. The summed E-state index contributed by atoms with van der Waals surface area (Å²) in [5, 5.41) is 0. The van der Waals surface area contributed by atoms with Gasteiger partial charge in [0.25, 0.3) is 0 Å². The lowest BCUT2D eigenvalue weighted by Gasteiger charge is -2.03. The van der Waals surface area contributed by atoms with Crippen LogP contribution >= 0.6 is 0 Å². The summed E-state index contributed by atoms with van der Waals surface area (Å²) in [4.78, 5) is 14.8. The molecular weight excluding hydrogens is 240 g/mol. The van der Waals surface area contributed by atoms with E-state index in [1.54, 1.807) is 18.5 Å². The Morgan fingerprint density at radius 3 is 2.53 bits per heavy atom. The van der Waals surface area contributed by atoms with Crippen LogP contribution < -0.4 is 0 Å². The third-order valence-electron chi connectivity index (χ3n) is 2.90. The Hall–Kier alpha value is -2.62. The van der Waals surface area contributed by atoms with E-state index < -0.39 is 0 Å². The molecule has 0 saturated carbocycles. The standard InChI is InChI=1S/C15H12N2O2/c1-11-8-17(10-16-11)13-4-2-12(3-5-13)15-7-6-14(9-18)19-15/h2-10H,1H3. The minimum atomic E-state index is 0.337. The van der Waals surface area contributed by atoms with Gasteiger partial charge in [-0.1, -0.05) is 0 Å². The highest BCUT2D eigenvalue weighted by atomic mass is 16.3. The average Bonchev–Trinajstić information content (AvgIpc) is 3.07. The molecule has 0 bridgehead atoms. The lowest BCUT2D eigenvalue weighted by Crippen LogP contribution is -1.89. The van der Waals surface area contributed by atoms with Crippen molar-refractivity contribution < 1.29 is 9.21 Å². The third kappa shape index (κ3) is 2.20. The van der Waals surface area contributed by atoms with Crippen LogP contribution in [0, 0.1) is 6.92 Å². The van der Waals surface area contributed by atoms with Crippen molar-refractivity contribution >= 4 is 6.29 Å². The van der Waals surface area contributed by atoms with Crippen LogP contribution in [0.2, 0.25) is 0 Å². The van der Waals surface area contributed by atoms with Crippen LogP contribution in [0.5, 0.6) is 0 Å². The van der Waals surface area contributed by atoms with Gasteiger partial charge in [-0.2, -0.15) is 0 Å². The van der Waals surface area contributed by atoms with Crippen LogP contribution in [0.15, 0.2) is 53.3 Å². The molecule has 4 heteroatoms. The van der Waals surface area contributed by atoms with Crippen LogP contribution in [0.25, 0.3) is 17.0 Å². The van der Waals surface area contributed by atoms with Crippen LogP contribution in [-0.2, 0) is 0 Å². The number of aryl methyl sites for hydroxylation is 1. The van der Waals surface area contributed by atoms with Gasteiger partial charge >= 0.3 is 0 Å². The highest BCUT2D eigenvalue weighted by Gasteiger charge is 2.04. The second-order valence-electron chi connectivity index (χ2n) is 4.29. The van der Waals surface area contributed by atoms with Crippen molar-refractivity contribution in [3.63, 3.8) is 0 Å². The fourth-order valence-electron chi connectivity index (χ4n) is 1.93. The Labute approximate surface area is 110 Å². The number of hydrogen-bond donors (Lipinski definition) is 0. The number of benzene rings is 1. The zero-order valence-electron chi connectivity index (χ0n) is 10.4. The van der Waals surface area contributed by atoms with Crippen molar-refractivity contribution in [3.05, 3.63) is 60.4 Å². The molecule has 0 aliphatic heterocycles. The Morgan fingerprint density at radius 1 is 1.16 bits per heavy atom. The molecule has 0 saturated heterocycles. The van der Waals surface area contributed by atoms with Gasteiger partial charge in [0.2, 0.25) is 0 Å². The minimum Gasteiger partial charge on any atom is -0.453 e. The van der Waals surface area contributed by atoms with E-state index >= 15 is 0 Å². The highest BCUT2D eigenvalue weighted by Crippen LogP contribution is 2.23. The molecule has 0 aliphatic carbocycles. The molecule has 0 atom stereocenters. The summed E-state index contributed by atoms with van der Waals surface area (Å²) in [6.07, 6.45) is 4.44. The lowest BCUT2D eigenvalue weighted by atomic mass is 10.1. The van der Waals surface area contributed by atoms with E-state index in [2.05, 4.69) is 4.98 Å². The summed E-state index contributed by atoms with van der Waals surface area (Å²) in [6.45, 7) is 1.95. The largest absolute Gasteiger partial charge is 0.453 e. The third-order valence-corrected chi connectivity index (χ3v) is 2.90. The maximum Gasteiger partial charge on any atom is 0.185 e. The molecule has 0 fully saturated rings. The number of furan rings is 1. The molecule has 0 amide bonds. The maximum atomic E-state index is 10.6. The Kier molecular flexibility index (Phi) is 2.76. The van der Waals surface area contributed by atoms with E-state index in [9.17, 15) is 4.79 Å². The van der Waals surface area contributed by atoms with Crippen LogP contribution in [0.3, 0.4) is 0 Å². The molecule has 4 nitrogen and oxygen atoms in total. The van der Waals surface area contributed by atoms with Crippen molar-refractivity contribution in [1.82, 2.24) is 9.55 Å². The number of carbonyl (C=O) groups excluding carboxylic acids is 1. The van der Waals surface area contributed by atoms with Gasteiger partial charge in [-0.15, -0.1) is 0 Å². The van der Waals surface area contributed by atoms with Crippen molar-refractivity contribution in [2.24, 2.45) is 0 Å². The first-order valence-corrected chi connectivity index (χ1v) is 5.93. The highest BCUT2D eigenvalue weighted by molar-refractivity contribution is 5.72. The number of imidazole rings is 1. The zero-order valence-corrected chi connectivity index (χ0v) is 10.4. The summed E-state index contributed by atoms with van der Waals surface area (Å²) in [5.74, 6) is 1.03. The van der Waals surface area contributed by atoms with E-state index in [1.165, 1.54) is 0 Å². The van der Waals surface area contributed by atoms with Gasteiger partial charge in [-0.3, -0.25) is 4.79 Å². The molecule has 0 radical (unpaired) electrons. The van der Waals surface area contributed by atoms with Crippen LogP contribution in [-0.4, -0.2) is 15.8 Å². The van der Waals surface area contributed by atoms with Gasteiger partial charge in [-0.05, 0) is 43.3 Å². The van der Waals surface area contributed by atoms with Crippen LogP contribution in [0.1, 0.15) is 16.2 Å². The first-order valence-electron chi connectivity index (χ1n) is 5.93. The van der Waals surface area contributed by atoms with Gasteiger partial charge in [0, 0.05) is 17.4 Å². The number of aldehydes is 1. The SMILES string of the molecule is Cc1cn(-c2ccc(-c3ccc(C=O)o3)cc2)cn1. The van der Waals surface area contributed by atoms with Crippen LogP contribution in [0.4, 0.5) is 0 Å². The zero-order chi connectivity index (χ0) is 13.2. The molecular formula is C15H12N2O2. The van der Waals surface area contributed by atoms with E-state index in [0.29, 0.717) is 17.8 Å². The van der Waals surface area contributed by atoms with E-state index in [-0.39, 0.29) is 0 Å². The molecule has 0 N–H and O–H groups in total. The molecule has 3 aromatic rings. The topological polar surface area (TPSA) is 48.0 Å². The van der Waals surface area contributed by atoms with Gasteiger partial charge in [0.15, 0.2) is 12.0 Å². The number of nitrogens with zero attached hydrogens (tertiary/aromatic N) is 2. The normalized spacial score (nSPS) is 10.6. The van der Waals surface area contributed by atoms with Gasteiger partial charge in [0.1, 0.15) is 5.76 Å². The molecule has 0 aliphatic rings. The smallest absolute Gasteiger partial charge is 0.185 e. The minimum absolute atomic E-state index is 0.337. The molecule has 94 valence electrons. The Balaban J connectivity index is 1.92. The fraction of sp³-hybridized carbons (Fsp3) is 0.0667. The summed E-state index contributed by atoms with van der Waals surface area (Å²) < 4.78 is 7.34. The molecule has 1 aromatic carbocycles. The van der Waals surface area contributed by atoms with Gasteiger partial charge in [0.05, 0.1) is 12.0 Å². The Morgan fingerprint density at radius 2 is 1.95 bits per heavy atom. The first kappa shape index (κ1) is 11.5. The summed E-state index contributed by atoms with van der Waals surface area (Å²) >= 11 is 0. The van der Waals surface area contributed by atoms with E-state index in [4.69, 9.17) is 4.42 Å². The number of hydrogen-bond acceptors (Lipinski definition) is 3. The molecule has 0 spiro atoms. The van der Waals surface area contributed by atoms with Gasteiger partial charge < -0.3 is 8.98 Å². The molecule has 0 unspecified atom stereocenters. The predicted molar refractivity (Wildman–Crippen MR) is 71.4 cm³/mol. The summed E-state index contributed by atoms with van der Waals surface area (Å²) in [6, 6.07) is 11.3.